The van der Waals surface area contributed by atoms with Crippen LogP contribution in [0.15, 0.2) is 24.8 Å². The summed E-state index contributed by atoms with van der Waals surface area (Å²) in [4.78, 5) is 0. The molecule has 0 radical (unpaired) electrons. The molecule has 2 heteroatoms. The molecule has 0 N–H and O–H groups in total. The van der Waals surface area contributed by atoms with Crippen LogP contribution >= 0.6 is 0 Å². The highest BCUT2D eigenvalue weighted by Gasteiger charge is 2.05. The van der Waals surface area contributed by atoms with E-state index in [1.54, 1.807) is 13.2 Å². The van der Waals surface area contributed by atoms with Crippen molar-refractivity contribution in [1.29, 1.82) is 0 Å². The van der Waals surface area contributed by atoms with Gasteiger partial charge in [-0.2, -0.15) is 0 Å². The summed E-state index contributed by atoms with van der Waals surface area (Å²) < 4.78 is 10.8. The quantitative estimate of drug-likeness (QED) is 0.729. The number of hydrogen-bond donors (Lipinski definition) is 0. The van der Waals surface area contributed by atoms with Crippen LogP contribution in [0.5, 0.6) is 11.5 Å². The summed E-state index contributed by atoms with van der Waals surface area (Å²) in [7, 11) is 1.63. The van der Waals surface area contributed by atoms with Crippen LogP contribution in [0.2, 0.25) is 0 Å². The van der Waals surface area contributed by atoms with Crippen LogP contribution in [0.4, 0.5) is 0 Å². The fraction of sp³-hybridized carbons (Fsp3) is 0.333. The molecule has 0 saturated heterocycles. The second kappa shape index (κ2) is 4.70. The molecule has 1 aromatic carbocycles. The summed E-state index contributed by atoms with van der Waals surface area (Å²) >= 11 is 0. The van der Waals surface area contributed by atoms with E-state index in [0.29, 0.717) is 0 Å². The minimum absolute atomic E-state index is 0.151. The Kier molecular flexibility index (Phi) is 3.57. The van der Waals surface area contributed by atoms with Gasteiger partial charge in [0.15, 0.2) is 11.5 Å². The van der Waals surface area contributed by atoms with E-state index in [2.05, 4.69) is 6.58 Å². The van der Waals surface area contributed by atoms with Gasteiger partial charge in [-0.25, -0.2) is 0 Å². The molecule has 2 nitrogen and oxygen atoms in total. The van der Waals surface area contributed by atoms with Gasteiger partial charge in [-0.05, 0) is 31.5 Å². The van der Waals surface area contributed by atoms with E-state index in [9.17, 15) is 0 Å². The Bertz CT molecular complexity index is 316. The molecule has 0 heterocycles. The molecular weight excluding hydrogens is 176 g/mol. The van der Waals surface area contributed by atoms with E-state index in [-0.39, 0.29) is 6.10 Å². The predicted octanol–water partition coefficient (Wildman–Crippen LogP) is 3.13. The van der Waals surface area contributed by atoms with Crippen molar-refractivity contribution in [2.24, 2.45) is 0 Å². The number of benzene rings is 1. The highest BCUT2D eigenvalue weighted by Crippen LogP contribution is 2.29. The second-order valence-electron chi connectivity index (χ2n) is 3.28. The Morgan fingerprint density at radius 1 is 1.29 bits per heavy atom. The zero-order valence-electron chi connectivity index (χ0n) is 8.91. The normalized spacial score (nSPS) is 10.0. The Balaban J connectivity index is 2.98. The first-order valence-electron chi connectivity index (χ1n) is 4.64. The van der Waals surface area contributed by atoms with Crippen LogP contribution in [0, 0.1) is 0 Å². The first-order chi connectivity index (χ1) is 6.67. The van der Waals surface area contributed by atoms with Crippen LogP contribution in [0.25, 0.3) is 6.08 Å². The average Bonchev–Trinajstić information content (AvgIpc) is 2.17. The van der Waals surface area contributed by atoms with Crippen molar-refractivity contribution in [1.82, 2.24) is 0 Å². The first-order valence-corrected chi connectivity index (χ1v) is 4.64. The molecule has 0 aliphatic carbocycles. The van der Waals surface area contributed by atoms with Crippen molar-refractivity contribution in [3.63, 3.8) is 0 Å². The Morgan fingerprint density at radius 3 is 2.50 bits per heavy atom. The number of hydrogen-bond acceptors (Lipinski definition) is 2. The maximum atomic E-state index is 5.58. The monoisotopic (exact) mass is 192 g/mol. The molecule has 0 fully saturated rings. The second-order valence-corrected chi connectivity index (χ2v) is 3.28. The maximum absolute atomic E-state index is 5.58. The van der Waals surface area contributed by atoms with Crippen molar-refractivity contribution >= 4 is 6.08 Å². The molecule has 0 aliphatic rings. The maximum Gasteiger partial charge on any atom is 0.161 e. The molecule has 0 unspecified atom stereocenters. The van der Waals surface area contributed by atoms with Gasteiger partial charge in [0.25, 0.3) is 0 Å². The van der Waals surface area contributed by atoms with Crippen molar-refractivity contribution in [2.45, 2.75) is 20.0 Å². The number of rotatable bonds is 4. The lowest BCUT2D eigenvalue weighted by Gasteiger charge is -2.13. The Hall–Kier alpha value is -1.44. The highest BCUT2D eigenvalue weighted by molar-refractivity contribution is 5.54. The van der Waals surface area contributed by atoms with Crippen molar-refractivity contribution < 1.29 is 9.47 Å². The van der Waals surface area contributed by atoms with E-state index in [0.717, 1.165) is 17.1 Å². The third-order valence-corrected chi connectivity index (χ3v) is 1.79. The molecular formula is C12H16O2. The molecule has 0 atom stereocenters. The van der Waals surface area contributed by atoms with E-state index in [1.165, 1.54) is 0 Å². The van der Waals surface area contributed by atoms with Crippen LogP contribution in [-0.2, 0) is 0 Å². The molecule has 14 heavy (non-hydrogen) atoms. The Morgan fingerprint density at radius 2 is 2.00 bits per heavy atom. The van der Waals surface area contributed by atoms with Crippen LogP contribution in [-0.4, -0.2) is 13.2 Å². The number of methoxy groups -OCH3 is 1. The Labute approximate surface area is 85.2 Å². The minimum Gasteiger partial charge on any atom is -0.493 e. The van der Waals surface area contributed by atoms with Gasteiger partial charge in [0, 0.05) is 0 Å². The molecule has 0 amide bonds. The van der Waals surface area contributed by atoms with Crippen LogP contribution in [0.3, 0.4) is 0 Å². The van der Waals surface area contributed by atoms with Gasteiger partial charge in [-0.15, -0.1) is 0 Å². The van der Waals surface area contributed by atoms with Crippen LogP contribution < -0.4 is 9.47 Å². The summed E-state index contributed by atoms with van der Waals surface area (Å²) in [5, 5.41) is 0. The van der Waals surface area contributed by atoms with Gasteiger partial charge in [-0.3, -0.25) is 0 Å². The molecule has 1 aromatic rings. The third-order valence-electron chi connectivity index (χ3n) is 1.79. The van der Waals surface area contributed by atoms with E-state index in [1.807, 2.05) is 32.0 Å². The SMILES string of the molecule is C=Cc1ccc(OC(C)C)c(OC)c1. The van der Waals surface area contributed by atoms with Gasteiger partial charge < -0.3 is 9.47 Å². The minimum atomic E-state index is 0.151. The summed E-state index contributed by atoms with van der Waals surface area (Å²) in [6.45, 7) is 7.67. The lowest BCUT2D eigenvalue weighted by Crippen LogP contribution is -2.06. The largest absolute Gasteiger partial charge is 0.493 e. The van der Waals surface area contributed by atoms with Crippen molar-refractivity contribution in [2.75, 3.05) is 7.11 Å². The lowest BCUT2D eigenvalue weighted by atomic mass is 10.2. The summed E-state index contributed by atoms with van der Waals surface area (Å²) in [6.07, 6.45) is 1.93. The summed E-state index contributed by atoms with van der Waals surface area (Å²) in [5.74, 6) is 1.52. The predicted molar refractivity (Wildman–Crippen MR) is 58.8 cm³/mol. The third kappa shape index (κ3) is 2.52. The standard InChI is InChI=1S/C12H16O2/c1-5-10-6-7-11(14-9(2)3)12(8-10)13-4/h5-9H,1H2,2-4H3. The van der Waals surface area contributed by atoms with Gasteiger partial charge in [0.2, 0.25) is 0 Å². The molecule has 0 spiro atoms. The van der Waals surface area contributed by atoms with Gasteiger partial charge in [-0.1, -0.05) is 18.7 Å². The first kappa shape index (κ1) is 10.6. The molecule has 1 rings (SSSR count). The van der Waals surface area contributed by atoms with Crippen molar-refractivity contribution in [3.8, 4) is 11.5 Å². The zero-order valence-corrected chi connectivity index (χ0v) is 8.91. The van der Waals surface area contributed by atoms with Gasteiger partial charge in [0.1, 0.15) is 0 Å². The van der Waals surface area contributed by atoms with E-state index < -0.39 is 0 Å². The average molecular weight is 192 g/mol. The van der Waals surface area contributed by atoms with E-state index in [4.69, 9.17) is 9.47 Å². The molecule has 0 saturated carbocycles. The summed E-state index contributed by atoms with van der Waals surface area (Å²) in [5.41, 5.74) is 1.03. The van der Waals surface area contributed by atoms with E-state index >= 15 is 0 Å². The lowest BCUT2D eigenvalue weighted by molar-refractivity contribution is 0.230. The molecule has 0 aromatic heterocycles. The fourth-order valence-electron chi connectivity index (χ4n) is 1.16. The fourth-order valence-corrected chi connectivity index (χ4v) is 1.16. The molecule has 0 aliphatic heterocycles. The smallest absolute Gasteiger partial charge is 0.161 e. The highest BCUT2D eigenvalue weighted by atomic mass is 16.5. The van der Waals surface area contributed by atoms with Gasteiger partial charge >= 0.3 is 0 Å². The zero-order chi connectivity index (χ0) is 10.6. The summed E-state index contributed by atoms with van der Waals surface area (Å²) in [6, 6.07) is 5.76. The molecule has 76 valence electrons. The molecule has 0 bridgehead atoms. The topological polar surface area (TPSA) is 18.5 Å². The van der Waals surface area contributed by atoms with Crippen LogP contribution in [0.1, 0.15) is 19.4 Å². The van der Waals surface area contributed by atoms with Gasteiger partial charge in [0.05, 0.1) is 13.2 Å². The van der Waals surface area contributed by atoms with Crippen molar-refractivity contribution in [3.05, 3.63) is 30.3 Å². The number of ether oxygens (including phenoxy) is 2.